The van der Waals surface area contributed by atoms with Gasteiger partial charge in [-0.25, -0.2) is 13.7 Å². The van der Waals surface area contributed by atoms with Gasteiger partial charge in [0, 0.05) is 6.20 Å². The molecule has 0 radical (unpaired) electrons. The summed E-state index contributed by atoms with van der Waals surface area (Å²) in [6.07, 6.45) is -1.97. The van der Waals surface area contributed by atoms with Crippen molar-refractivity contribution < 1.29 is 57.1 Å². The molecule has 0 aromatic carbocycles. The Bertz CT molecular complexity index is 1010. The number of phosphoric acid groups is 1. The highest BCUT2D eigenvalue weighted by Gasteiger charge is 2.59. The molecule has 1 saturated heterocycles. The third-order valence-electron chi connectivity index (χ3n) is 4.34. The maximum Gasteiger partial charge on any atom is 0.479 e. The normalized spacial score (nSPS) is 28.3. The van der Waals surface area contributed by atoms with Crippen LogP contribution in [0.15, 0.2) is 17.1 Å². The van der Waals surface area contributed by atoms with E-state index in [1.807, 2.05) is 0 Å². The smallest absolute Gasteiger partial charge is 0.390 e. The van der Waals surface area contributed by atoms with E-state index in [0.29, 0.717) is 0 Å². The van der Waals surface area contributed by atoms with Crippen molar-refractivity contribution in [1.82, 2.24) is 9.55 Å². The Hall–Kier alpha value is -0.990. The number of aliphatic hydroxyl groups excluding tert-OH is 1. The number of aromatic nitrogens is 2. The van der Waals surface area contributed by atoms with Gasteiger partial charge in [0.1, 0.15) is 18.1 Å². The molecule has 0 saturated carbocycles. The maximum atomic E-state index is 12.0. The topological polar surface area (TPSA) is 261 Å². The molecule has 31 heavy (non-hydrogen) atoms. The van der Waals surface area contributed by atoms with Crippen LogP contribution in [-0.2, 0) is 27.3 Å². The van der Waals surface area contributed by atoms with Crippen LogP contribution in [0.25, 0.3) is 0 Å². The van der Waals surface area contributed by atoms with Crippen molar-refractivity contribution in [3.8, 4) is 0 Å². The van der Waals surface area contributed by atoms with Gasteiger partial charge in [0.25, 0.3) is 5.08 Å². The van der Waals surface area contributed by atoms with Crippen LogP contribution >= 0.6 is 23.0 Å². The highest BCUT2D eigenvalue weighted by molar-refractivity contribution is 7.75. The maximum absolute atomic E-state index is 12.0. The summed E-state index contributed by atoms with van der Waals surface area (Å²) in [6.45, 7) is -0.647. The monoisotopic (exact) mass is 509 g/mol. The highest BCUT2D eigenvalue weighted by Crippen LogP contribution is 2.74. The quantitative estimate of drug-likeness (QED) is 0.208. The summed E-state index contributed by atoms with van der Waals surface area (Å²) in [4.78, 5) is 52.6. The van der Waals surface area contributed by atoms with Crippen molar-refractivity contribution in [2.75, 3.05) is 12.3 Å². The first-order valence-corrected chi connectivity index (χ1v) is 13.1. The Morgan fingerprint density at radius 3 is 2.45 bits per heavy atom. The van der Waals surface area contributed by atoms with Crippen LogP contribution in [0.4, 0.5) is 5.82 Å². The number of rotatable bonds is 8. The second-order valence-corrected chi connectivity index (χ2v) is 12.8. The van der Waals surface area contributed by atoms with Gasteiger partial charge in [-0.05, 0) is 25.8 Å². The number of hydrogen-bond acceptors (Lipinski definition) is 11. The molecule has 1 fully saturated rings. The minimum absolute atomic E-state index is 0.0324. The summed E-state index contributed by atoms with van der Waals surface area (Å²) in [5, 5.41) is 15.9. The molecule has 16 nitrogen and oxygen atoms in total. The SMILES string of the molecule is CC(O)(P(=O)(O)O)P(=O)(O)OP(=O)(O)OCC1OC(n2ccc(N)nc2=O)CC[C@H]1O. The van der Waals surface area contributed by atoms with Crippen LogP contribution in [0.1, 0.15) is 26.0 Å². The number of phosphoric ester groups is 1. The van der Waals surface area contributed by atoms with E-state index in [1.54, 1.807) is 0 Å². The molecule has 0 bridgehead atoms. The standard InChI is InChI=1S/C12H22N3O13P3/c1-12(18,29(19,20)21)30(22,23)28-31(24,25)26-6-8-7(16)2-3-10(27-8)15-5-4-9(13)14-11(15)17/h4-5,7-8,10,16,18H,2-3,6H2,1H3,(H,22,23)(H,24,25)(H2,13,14,17)(H2,19,20,21)/t7-,8?,10?,12?/m1/s1. The Balaban J connectivity index is 2.09. The molecule has 2 rings (SSSR count). The molecule has 5 unspecified atom stereocenters. The highest BCUT2D eigenvalue weighted by atomic mass is 31.3. The average Bonchev–Trinajstić information content (AvgIpc) is 2.59. The van der Waals surface area contributed by atoms with E-state index in [9.17, 15) is 38.5 Å². The molecule has 8 N–H and O–H groups in total. The lowest BCUT2D eigenvalue weighted by atomic mass is 10.0. The molecule has 1 aliphatic heterocycles. The van der Waals surface area contributed by atoms with Gasteiger partial charge in [-0.15, -0.1) is 0 Å². The molecular weight excluding hydrogens is 487 g/mol. The Morgan fingerprint density at radius 2 is 1.90 bits per heavy atom. The fraction of sp³-hybridized carbons (Fsp3) is 0.667. The molecule has 1 aliphatic rings. The molecule has 0 amide bonds. The molecule has 178 valence electrons. The van der Waals surface area contributed by atoms with E-state index < -0.39 is 58.8 Å². The first-order chi connectivity index (χ1) is 14.0. The van der Waals surface area contributed by atoms with E-state index in [1.165, 1.54) is 12.3 Å². The number of anilines is 1. The molecule has 2 heterocycles. The summed E-state index contributed by atoms with van der Waals surface area (Å²) in [6, 6.07) is 1.32. The Morgan fingerprint density at radius 1 is 1.29 bits per heavy atom. The molecule has 0 aliphatic carbocycles. The van der Waals surface area contributed by atoms with Crippen LogP contribution in [-0.4, -0.2) is 63.2 Å². The van der Waals surface area contributed by atoms with Crippen LogP contribution < -0.4 is 11.4 Å². The van der Waals surface area contributed by atoms with Gasteiger partial charge in [-0.3, -0.25) is 18.2 Å². The summed E-state index contributed by atoms with van der Waals surface area (Å²) >= 11 is 0. The van der Waals surface area contributed by atoms with Gasteiger partial charge in [0.2, 0.25) is 0 Å². The first kappa shape index (κ1) is 26.3. The predicted octanol–water partition coefficient (Wildman–Crippen LogP) is -0.973. The minimum atomic E-state index is -5.81. The van der Waals surface area contributed by atoms with E-state index in [0.717, 1.165) is 4.57 Å². The van der Waals surface area contributed by atoms with Crippen molar-refractivity contribution in [1.29, 1.82) is 0 Å². The van der Waals surface area contributed by atoms with E-state index in [4.69, 9.17) is 20.3 Å². The van der Waals surface area contributed by atoms with Crippen molar-refractivity contribution in [2.24, 2.45) is 0 Å². The zero-order valence-electron chi connectivity index (χ0n) is 15.9. The van der Waals surface area contributed by atoms with Gasteiger partial charge < -0.3 is 40.3 Å². The Kier molecular flexibility index (Phi) is 7.71. The van der Waals surface area contributed by atoms with Crippen LogP contribution in [0.5, 0.6) is 0 Å². The second kappa shape index (κ2) is 9.10. The lowest BCUT2D eigenvalue weighted by molar-refractivity contribution is -0.159. The van der Waals surface area contributed by atoms with Crippen LogP contribution in [0.2, 0.25) is 0 Å². The lowest BCUT2D eigenvalue weighted by Crippen LogP contribution is -2.42. The molecule has 19 heteroatoms. The molecule has 6 atom stereocenters. The molecule has 0 spiro atoms. The van der Waals surface area contributed by atoms with Gasteiger partial charge >= 0.3 is 28.7 Å². The average molecular weight is 509 g/mol. The number of hydrogen-bond donors (Lipinski definition) is 7. The zero-order valence-corrected chi connectivity index (χ0v) is 18.5. The van der Waals surface area contributed by atoms with Gasteiger partial charge in [0.15, 0.2) is 0 Å². The van der Waals surface area contributed by atoms with Gasteiger partial charge in [-0.2, -0.15) is 4.98 Å². The van der Waals surface area contributed by atoms with Gasteiger partial charge in [-0.1, -0.05) is 0 Å². The van der Waals surface area contributed by atoms with E-state index >= 15 is 0 Å². The molecule has 1 aromatic rings. The van der Waals surface area contributed by atoms with Crippen molar-refractivity contribution in [3.63, 3.8) is 0 Å². The minimum Gasteiger partial charge on any atom is -0.390 e. The number of nitrogen functional groups attached to an aromatic ring is 1. The number of nitrogens with zero attached hydrogens (tertiary/aromatic N) is 2. The fourth-order valence-corrected chi connectivity index (χ4v) is 6.34. The number of aliphatic hydroxyl groups is 2. The van der Waals surface area contributed by atoms with Crippen LogP contribution in [0.3, 0.4) is 0 Å². The van der Waals surface area contributed by atoms with Crippen molar-refractivity contribution in [2.45, 2.75) is 43.3 Å². The molecule has 1 aromatic heterocycles. The summed E-state index contributed by atoms with van der Waals surface area (Å²) in [7, 11) is -17.0. The van der Waals surface area contributed by atoms with Gasteiger partial charge in [0.05, 0.1) is 12.7 Å². The lowest BCUT2D eigenvalue weighted by Gasteiger charge is -2.34. The summed E-state index contributed by atoms with van der Waals surface area (Å²) < 4.78 is 50.1. The largest absolute Gasteiger partial charge is 0.479 e. The fourth-order valence-electron chi connectivity index (χ4n) is 2.43. The van der Waals surface area contributed by atoms with Crippen molar-refractivity contribution >= 4 is 28.8 Å². The van der Waals surface area contributed by atoms with E-state index in [-0.39, 0.29) is 25.6 Å². The summed E-state index contributed by atoms with van der Waals surface area (Å²) in [5.74, 6) is -0.0324. The predicted molar refractivity (Wildman–Crippen MR) is 101 cm³/mol. The Labute approximate surface area is 174 Å². The van der Waals surface area contributed by atoms with E-state index in [2.05, 4.69) is 13.8 Å². The molecular formula is C12H22N3O13P3. The third-order valence-corrected chi connectivity index (χ3v) is 10.2. The zero-order chi connectivity index (χ0) is 23.8. The summed E-state index contributed by atoms with van der Waals surface area (Å²) in [5.41, 5.74) is 4.65. The third kappa shape index (κ3) is 6.08. The number of nitrogens with two attached hydrogens (primary N) is 1. The first-order valence-electron chi connectivity index (χ1n) is 8.44. The van der Waals surface area contributed by atoms with Crippen LogP contribution in [0, 0.1) is 0 Å². The van der Waals surface area contributed by atoms with Crippen molar-refractivity contribution in [3.05, 3.63) is 22.7 Å². The second-order valence-electron chi connectivity index (χ2n) is 6.70. The number of ether oxygens (including phenoxy) is 1.